The van der Waals surface area contributed by atoms with Gasteiger partial charge in [0.1, 0.15) is 6.04 Å². The monoisotopic (exact) mass is 207 g/mol. The maximum atomic E-state index is 12.1. The molecular formula is C8H12F3N3. The molecule has 0 aliphatic rings. The zero-order chi connectivity index (χ0) is 10.9. The first kappa shape index (κ1) is 11.0. The van der Waals surface area contributed by atoms with Crippen molar-refractivity contribution in [3.05, 3.63) is 17.5 Å². The number of nitrogens with zero attached hydrogens (tertiary/aromatic N) is 2. The second-order valence-electron chi connectivity index (χ2n) is 3.25. The fourth-order valence-corrected chi connectivity index (χ4v) is 1.19. The van der Waals surface area contributed by atoms with Gasteiger partial charge in [0.05, 0.1) is 6.20 Å². The lowest BCUT2D eigenvalue weighted by Crippen LogP contribution is -2.39. The third-order valence-corrected chi connectivity index (χ3v) is 2.10. The van der Waals surface area contributed by atoms with Gasteiger partial charge in [-0.15, -0.1) is 0 Å². The average Bonchev–Trinajstić information content (AvgIpc) is 2.34. The van der Waals surface area contributed by atoms with Gasteiger partial charge in [0.15, 0.2) is 0 Å². The van der Waals surface area contributed by atoms with E-state index in [4.69, 9.17) is 5.73 Å². The first-order chi connectivity index (χ1) is 6.32. The topological polar surface area (TPSA) is 43.8 Å². The summed E-state index contributed by atoms with van der Waals surface area (Å²) in [6.45, 7) is 1.71. The SMILES string of the molecule is Cc1cnn(C)c1CC(N)C(F)(F)F. The first-order valence-electron chi connectivity index (χ1n) is 4.12. The summed E-state index contributed by atoms with van der Waals surface area (Å²) in [5, 5.41) is 3.85. The van der Waals surface area contributed by atoms with Gasteiger partial charge < -0.3 is 5.73 Å². The van der Waals surface area contributed by atoms with Crippen molar-refractivity contribution >= 4 is 0 Å². The smallest absolute Gasteiger partial charge is 0.320 e. The van der Waals surface area contributed by atoms with Crippen molar-refractivity contribution in [2.24, 2.45) is 12.8 Å². The second kappa shape index (κ2) is 3.61. The van der Waals surface area contributed by atoms with Crippen LogP contribution in [0.5, 0.6) is 0 Å². The molecule has 0 radical (unpaired) electrons. The van der Waals surface area contributed by atoms with Crippen LogP contribution in [0.25, 0.3) is 0 Å². The molecule has 0 aliphatic carbocycles. The molecule has 1 heterocycles. The van der Waals surface area contributed by atoms with Gasteiger partial charge in [-0.2, -0.15) is 18.3 Å². The lowest BCUT2D eigenvalue weighted by atomic mass is 10.1. The molecule has 0 fully saturated rings. The van der Waals surface area contributed by atoms with E-state index >= 15 is 0 Å². The summed E-state index contributed by atoms with van der Waals surface area (Å²) in [6.07, 6.45) is -3.05. The number of alkyl halides is 3. The van der Waals surface area contributed by atoms with Crippen LogP contribution in [0, 0.1) is 6.92 Å². The largest absolute Gasteiger partial charge is 0.404 e. The van der Waals surface area contributed by atoms with Gasteiger partial charge in [0.25, 0.3) is 0 Å². The molecule has 6 heteroatoms. The van der Waals surface area contributed by atoms with Crippen molar-refractivity contribution in [3.63, 3.8) is 0 Å². The summed E-state index contributed by atoms with van der Waals surface area (Å²) >= 11 is 0. The Balaban J connectivity index is 2.79. The Kier molecular flexibility index (Phi) is 2.84. The molecule has 0 aliphatic heterocycles. The third kappa shape index (κ3) is 2.25. The summed E-state index contributed by atoms with van der Waals surface area (Å²) in [7, 11) is 1.60. The normalized spacial score (nSPS) is 14.4. The molecular weight excluding hydrogens is 195 g/mol. The van der Waals surface area contributed by atoms with E-state index in [-0.39, 0.29) is 6.42 Å². The number of hydrogen-bond acceptors (Lipinski definition) is 2. The Bertz CT molecular complexity index is 297. The van der Waals surface area contributed by atoms with Gasteiger partial charge in [-0.25, -0.2) is 0 Å². The van der Waals surface area contributed by atoms with Gasteiger partial charge >= 0.3 is 6.18 Å². The van der Waals surface area contributed by atoms with Crippen molar-refractivity contribution in [1.29, 1.82) is 0 Å². The molecule has 14 heavy (non-hydrogen) atoms. The lowest BCUT2D eigenvalue weighted by molar-refractivity contribution is -0.147. The molecule has 1 unspecified atom stereocenters. The van der Waals surface area contributed by atoms with Crippen molar-refractivity contribution < 1.29 is 13.2 Å². The molecule has 2 N–H and O–H groups in total. The molecule has 0 aromatic carbocycles. The molecule has 80 valence electrons. The fraction of sp³-hybridized carbons (Fsp3) is 0.625. The Morgan fingerprint density at radius 2 is 2.14 bits per heavy atom. The summed E-state index contributed by atoms with van der Waals surface area (Å²) in [6, 6.07) is -1.82. The van der Waals surface area contributed by atoms with Crippen molar-refractivity contribution in [2.75, 3.05) is 0 Å². The highest BCUT2D eigenvalue weighted by molar-refractivity contribution is 5.16. The maximum Gasteiger partial charge on any atom is 0.404 e. The molecule has 1 aromatic heterocycles. The molecule has 1 rings (SSSR count). The molecule has 0 saturated carbocycles. The Hall–Kier alpha value is -1.04. The van der Waals surface area contributed by atoms with Crippen LogP contribution in [0.3, 0.4) is 0 Å². The minimum Gasteiger partial charge on any atom is -0.320 e. The summed E-state index contributed by atoms with van der Waals surface area (Å²) in [5.41, 5.74) is 6.27. The van der Waals surface area contributed by atoms with Crippen LogP contribution in [-0.4, -0.2) is 22.0 Å². The molecule has 1 aromatic rings. The predicted molar refractivity (Wildman–Crippen MR) is 45.7 cm³/mol. The van der Waals surface area contributed by atoms with Crippen molar-refractivity contribution in [1.82, 2.24) is 9.78 Å². The highest BCUT2D eigenvalue weighted by Crippen LogP contribution is 2.22. The number of hydrogen-bond donors (Lipinski definition) is 1. The van der Waals surface area contributed by atoms with Crippen LogP contribution < -0.4 is 5.73 Å². The molecule has 0 spiro atoms. The number of halogens is 3. The number of aryl methyl sites for hydroxylation is 2. The lowest BCUT2D eigenvalue weighted by Gasteiger charge is -2.15. The molecule has 0 amide bonds. The summed E-state index contributed by atoms with van der Waals surface area (Å²) in [4.78, 5) is 0. The second-order valence-corrected chi connectivity index (χ2v) is 3.25. The van der Waals surface area contributed by atoms with Gasteiger partial charge in [-0.05, 0) is 12.5 Å². The maximum absolute atomic E-state index is 12.1. The van der Waals surface area contributed by atoms with Crippen LogP contribution in [-0.2, 0) is 13.5 Å². The van der Waals surface area contributed by atoms with E-state index in [0.29, 0.717) is 5.69 Å². The summed E-state index contributed by atoms with van der Waals surface area (Å²) in [5.74, 6) is 0. The quantitative estimate of drug-likeness (QED) is 0.790. The molecule has 0 bridgehead atoms. The van der Waals surface area contributed by atoms with Crippen LogP contribution in [0.1, 0.15) is 11.3 Å². The van der Waals surface area contributed by atoms with E-state index in [1.54, 1.807) is 14.0 Å². The van der Waals surface area contributed by atoms with Crippen LogP contribution in [0.4, 0.5) is 13.2 Å². The zero-order valence-corrected chi connectivity index (χ0v) is 7.97. The Morgan fingerprint density at radius 1 is 1.57 bits per heavy atom. The Morgan fingerprint density at radius 3 is 2.50 bits per heavy atom. The highest BCUT2D eigenvalue weighted by Gasteiger charge is 2.37. The van der Waals surface area contributed by atoms with E-state index in [1.165, 1.54) is 10.9 Å². The van der Waals surface area contributed by atoms with Crippen molar-refractivity contribution in [2.45, 2.75) is 25.6 Å². The van der Waals surface area contributed by atoms with Gasteiger partial charge in [-0.3, -0.25) is 4.68 Å². The number of nitrogens with two attached hydrogens (primary N) is 1. The van der Waals surface area contributed by atoms with E-state index in [9.17, 15) is 13.2 Å². The predicted octanol–water partition coefficient (Wildman–Crippen LogP) is 1.16. The standard InChI is InChI=1S/C8H12F3N3/c1-5-4-13-14(2)6(5)3-7(12)8(9,10)11/h4,7H,3,12H2,1-2H3. The van der Waals surface area contributed by atoms with Crippen LogP contribution >= 0.6 is 0 Å². The minimum absolute atomic E-state index is 0.230. The summed E-state index contributed by atoms with van der Waals surface area (Å²) < 4.78 is 37.9. The van der Waals surface area contributed by atoms with Gasteiger partial charge in [0.2, 0.25) is 0 Å². The molecule has 1 atom stereocenters. The average molecular weight is 207 g/mol. The number of aromatic nitrogens is 2. The first-order valence-corrected chi connectivity index (χ1v) is 4.12. The Labute approximate surface area is 79.7 Å². The zero-order valence-electron chi connectivity index (χ0n) is 7.97. The minimum atomic E-state index is -4.35. The van der Waals surface area contributed by atoms with Gasteiger partial charge in [0, 0.05) is 19.2 Å². The van der Waals surface area contributed by atoms with E-state index in [0.717, 1.165) is 5.56 Å². The van der Waals surface area contributed by atoms with Gasteiger partial charge in [-0.1, -0.05) is 0 Å². The third-order valence-electron chi connectivity index (χ3n) is 2.10. The molecule has 3 nitrogen and oxygen atoms in total. The highest BCUT2D eigenvalue weighted by atomic mass is 19.4. The number of rotatable bonds is 2. The van der Waals surface area contributed by atoms with E-state index < -0.39 is 12.2 Å². The van der Waals surface area contributed by atoms with E-state index in [1.807, 2.05) is 0 Å². The van der Waals surface area contributed by atoms with Crippen LogP contribution in [0.15, 0.2) is 6.20 Å². The molecule has 0 saturated heterocycles. The van der Waals surface area contributed by atoms with Crippen molar-refractivity contribution in [3.8, 4) is 0 Å². The van der Waals surface area contributed by atoms with E-state index in [2.05, 4.69) is 5.10 Å². The van der Waals surface area contributed by atoms with Crippen LogP contribution in [0.2, 0.25) is 0 Å². The fourth-order valence-electron chi connectivity index (χ4n) is 1.19.